The molecule has 0 spiro atoms. The number of sulfonamides is 1. The first kappa shape index (κ1) is 17.6. The molecule has 0 aliphatic heterocycles. The molecule has 0 unspecified atom stereocenters. The van der Waals surface area contributed by atoms with Crippen LogP contribution in [-0.4, -0.2) is 24.6 Å². The van der Waals surface area contributed by atoms with Gasteiger partial charge in [0.25, 0.3) is 0 Å². The summed E-state index contributed by atoms with van der Waals surface area (Å²) in [6, 6.07) is 11.1. The van der Waals surface area contributed by atoms with Crippen LogP contribution in [0.3, 0.4) is 0 Å². The van der Waals surface area contributed by atoms with E-state index >= 15 is 0 Å². The zero-order valence-electron chi connectivity index (χ0n) is 13.9. The van der Waals surface area contributed by atoms with Gasteiger partial charge in [0.15, 0.2) is 0 Å². The van der Waals surface area contributed by atoms with Crippen LogP contribution in [-0.2, 0) is 17.1 Å². The van der Waals surface area contributed by atoms with Crippen molar-refractivity contribution in [1.82, 2.24) is 9.29 Å². The van der Waals surface area contributed by atoms with Gasteiger partial charge in [0.2, 0.25) is 10.0 Å². The molecule has 0 fully saturated rings. The fourth-order valence-electron chi connectivity index (χ4n) is 2.93. The number of rotatable bonds is 5. The molecule has 0 amide bonds. The third-order valence-corrected chi connectivity index (χ3v) is 5.76. The van der Waals surface area contributed by atoms with Crippen LogP contribution in [0.1, 0.15) is 17.2 Å². The fourth-order valence-corrected chi connectivity index (χ4v) is 4.19. The second-order valence-corrected chi connectivity index (χ2v) is 7.73. The fraction of sp³-hybridized carbons (Fsp3) is 0.222. The maximum absolute atomic E-state index is 13.2. The molecule has 132 valence electrons. The summed E-state index contributed by atoms with van der Waals surface area (Å²) in [4.78, 5) is -0.000908. The van der Waals surface area contributed by atoms with Crippen LogP contribution in [0.25, 0.3) is 10.9 Å². The normalized spacial score (nSPS) is 13.3. The molecule has 1 aromatic heterocycles. The van der Waals surface area contributed by atoms with Crippen molar-refractivity contribution in [3.63, 3.8) is 0 Å². The van der Waals surface area contributed by atoms with Gasteiger partial charge >= 0.3 is 0 Å². The van der Waals surface area contributed by atoms with E-state index < -0.39 is 21.9 Å². The standard InChI is InChI=1S/C18H19FN2O3S/c1-12-9-13(19)7-8-18(12)25(23,24)20-10-17(22)15-11-21(2)16-6-4-3-5-14(15)16/h3-9,11,17,20,22H,10H2,1-2H3/t17-/m0/s1. The smallest absolute Gasteiger partial charge is 0.240 e. The minimum absolute atomic E-state index is 0.000908. The number of para-hydroxylation sites is 1. The number of aromatic nitrogens is 1. The Bertz CT molecular complexity index is 1030. The second kappa shape index (κ2) is 6.59. The minimum atomic E-state index is -3.84. The Hall–Kier alpha value is -2.22. The lowest BCUT2D eigenvalue weighted by Gasteiger charge is -2.13. The van der Waals surface area contributed by atoms with E-state index in [1.807, 2.05) is 35.9 Å². The summed E-state index contributed by atoms with van der Waals surface area (Å²) in [6.45, 7) is 1.35. The van der Waals surface area contributed by atoms with Crippen LogP contribution < -0.4 is 4.72 Å². The van der Waals surface area contributed by atoms with E-state index in [-0.39, 0.29) is 11.4 Å². The third-order valence-electron chi connectivity index (χ3n) is 4.18. The Labute approximate surface area is 145 Å². The molecule has 1 atom stereocenters. The number of hydrogen-bond acceptors (Lipinski definition) is 3. The molecule has 0 radical (unpaired) electrons. The Morgan fingerprint density at radius 1 is 1.24 bits per heavy atom. The Morgan fingerprint density at radius 2 is 1.96 bits per heavy atom. The third kappa shape index (κ3) is 3.44. The van der Waals surface area contributed by atoms with E-state index in [4.69, 9.17) is 0 Å². The summed E-state index contributed by atoms with van der Waals surface area (Å²) in [5, 5.41) is 11.3. The predicted octanol–water partition coefficient (Wildman–Crippen LogP) is 2.64. The van der Waals surface area contributed by atoms with Crippen molar-refractivity contribution >= 4 is 20.9 Å². The zero-order valence-corrected chi connectivity index (χ0v) is 14.7. The molecule has 2 N–H and O–H groups in total. The summed E-state index contributed by atoms with van der Waals surface area (Å²) in [6.07, 6.45) is 0.786. The van der Waals surface area contributed by atoms with Gasteiger partial charge < -0.3 is 9.67 Å². The first-order valence-electron chi connectivity index (χ1n) is 7.77. The first-order chi connectivity index (χ1) is 11.8. The molecule has 0 saturated heterocycles. The van der Waals surface area contributed by atoms with Gasteiger partial charge in [-0.15, -0.1) is 0 Å². The number of hydrogen-bond donors (Lipinski definition) is 2. The highest BCUT2D eigenvalue weighted by atomic mass is 32.2. The number of aryl methyl sites for hydroxylation is 2. The monoisotopic (exact) mass is 362 g/mol. The average Bonchev–Trinajstić information content (AvgIpc) is 2.90. The highest BCUT2D eigenvalue weighted by molar-refractivity contribution is 7.89. The summed E-state index contributed by atoms with van der Waals surface area (Å²) in [7, 11) is -1.98. The minimum Gasteiger partial charge on any atom is -0.387 e. The van der Waals surface area contributed by atoms with Gasteiger partial charge in [-0.1, -0.05) is 18.2 Å². The predicted molar refractivity (Wildman–Crippen MR) is 94.2 cm³/mol. The van der Waals surface area contributed by atoms with Crippen LogP contribution in [0.2, 0.25) is 0 Å². The molecule has 0 aliphatic rings. The number of nitrogens with zero attached hydrogens (tertiary/aromatic N) is 1. The SMILES string of the molecule is Cc1cc(F)ccc1S(=O)(=O)NC[C@H](O)c1cn(C)c2ccccc12. The molecule has 0 saturated carbocycles. The number of fused-ring (bicyclic) bond motifs is 1. The van der Waals surface area contributed by atoms with Gasteiger partial charge in [0.1, 0.15) is 5.82 Å². The molecule has 5 nitrogen and oxygen atoms in total. The lowest BCUT2D eigenvalue weighted by atomic mass is 10.1. The van der Waals surface area contributed by atoms with E-state index in [9.17, 15) is 17.9 Å². The molecule has 0 bridgehead atoms. The topological polar surface area (TPSA) is 71.3 Å². The molecule has 2 aromatic carbocycles. The Morgan fingerprint density at radius 3 is 2.68 bits per heavy atom. The number of halogens is 1. The van der Waals surface area contributed by atoms with E-state index in [0.29, 0.717) is 11.1 Å². The van der Waals surface area contributed by atoms with Crippen molar-refractivity contribution in [1.29, 1.82) is 0 Å². The van der Waals surface area contributed by atoms with Gasteiger partial charge in [-0.2, -0.15) is 0 Å². The van der Waals surface area contributed by atoms with Crippen molar-refractivity contribution in [3.05, 3.63) is 65.6 Å². The van der Waals surface area contributed by atoms with Gasteiger partial charge in [0.05, 0.1) is 11.0 Å². The number of aliphatic hydroxyl groups is 1. The molecular weight excluding hydrogens is 343 g/mol. The van der Waals surface area contributed by atoms with Crippen molar-refractivity contribution in [3.8, 4) is 0 Å². The maximum atomic E-state index is 13.2. The zero-order chi connectivity index (χ0) is 18.2. The van der Waals surface area contributed by atoms with Crippen LogP contribution in [0, 0.1) is 12.7 Å². The van der Waals surface area contributed by atoms with Gasteiger partial charge in [0, 0.05) is 36.3 Å². The lowest BCUT2D eigenvalue weighted by Crippen LogP contribution is -2.29. The molecular formula is C18H19FN2O3S. The van der Waals surface area contributed by atoms with E-state index in [1.165, 1.54) is 13.0 Å². The first-order valence-corrected chi connectivity index (χ1v) is 9.26. The molecule has 0 aliphatic carbocycles. The Balaban J connectivity index is 1.82. The van der Waals surface area contributed by atoms with E-state index in [0.717, 1.165) is 23.0 Å². The molecule has 1 heterocycles. The average molecular weight is 362 g/mol. The van der Waals surface area contributed by atoms with Crippen LogP contribution in [0.5, 0.6) is 0 Å². The highest BCUT2D eigenvalue weighted by Gasteiger charge is 2.21. The lowest BCUT2D eigenvalue weighted by molar-refractivity contribution is 0.183. The second-order valence-electron chi connectivity index (χ2n) is 5.99. The maximum Gasteiger partial charge on any atom is 0.240 e. The summed E-state index contributed by atoms with van der Waals surface area (Å²) < 4.78 is 42.3. The number of benzene rings is 2. The summed E-state index contributed by atoms with van der Waals surface area (Å²) in [5.41, 5.74) is 1.91. The van der Waals surface area contributed by atoms with Crippen LogP contribution >= 0.6 is 0 Å². The largest absolute Gasteiger partial charge is 0.387 e. The van der Waals surface area contributed by atoms with Gasteiger partial charge in [-0.05, 0) is 36.8 Å². The van der Waals surface area contributed by atoms with Gasteiger partial charge in [-0.25, -0.2) is 17.5 Å². The molecule has 25 heavy (non-hydrogen) atoms. The number of nitrogens with one attached hydrogen (secondary N) is 1. The van der Waals surface area contributed by atoms with Crippen LogP contribution in [0.15, 0.2) is 53.6 Å². The van der Waals surface area contributed by atoms with Crippen molar-refractivity contribution in [2.45, 2.75) is 17.9 Å². The van der Waals surface area contributed by atoms with E-state index in [1.54, 1.807) is 6.20 Å². The molecule has 3 aromatic rings. The quantitative estimate of drug-likeness (QED) is 0.733. The number of aliphatic hydroxyl groups excluding tert-OH is 1. The summed E-state index contributed by atoms with van der Waals surface area (Å²) >= 11 is 0. The van der Waals surface area contributed by atoms with Crippen molar-refractivity contribution in [2.75, 3.05) is 6.54 Å². The van der Waals surface area contributed by atoms with Crippen molar-refractivity contribution < 1.29 is 17.9 Å². The van der Waals surface area contributed by atoms with Gasteiger partial charge in [-0.3, -0.25) is 0 Å². The summed E-state index contributed by atoms with van der Waals surface area (Å²) in [5.74, 6) is -0.493. The molecule has 3 rings (SSSR count). The van der Waals surface area contributed by atoms with Crippen LogP contribution in [0.4, 0.5) is 4.39 Å². The van der Waals surface area contributed by atoms with Crippen molar-refractivity contribution in [2.24, 2.45) is 7.05 Å². The Kier molecular flexibility index (Phi) is 4.64. The highest BCUT2D eigenvalue weighted by Crippen LogP contribution is 2.26. The van der Waals surface area contributed by atoms with E-state index in [2.05, 4.69) is 4.72 Å². The molecule has 7 heteroatoms.